The number of carbonyl (C=O) groups excluding carboxylic acids is 10. The molecule has 10 atom stereocenters. The van der Waals surface area contributed by atoms with E-state index in [4.69, 9.17) is 6.42 Å². The molecule has 0 aromatic heterocycles. The van der Waals surface area contributed by atoms with Gasteiger partial charge in [-0.05, 0) is 181 Å². The van der Waals surface area contributed by atoms with Crippen LogP contribution in [-0.2, 0) is 67.6 Å². The van der Waals surface area contributed by atoms with E-state index in [9.17, 15) is 64.8 Å². The van der Waals surface area contributed by atoms with Gasteiger partial charge in [0, 0.05) is 82.7 Å². The van der Waals surface area contributed by atoms with E-state index in [1.807, 2.05) is 0 Å². The Balaban J connectivity index is 0.000000259. The molecule has 2 amide bonds. The van der Waals surface area contributed by atoms with Crippen LogP contribution in [0, 0.1) is 98.1 Å². The fourth-order valence-electron chi connectivity index (χ4n) is 20.0. The number of allylic oxidation sites excluding steroid dienone is 2. The molecule has 9 fully saturated rings. The molecule has 102 heavy (non-hydrogen) atoms. The van der Waals surface area contributed by atoms with Gasteiger partial charge in [0.05, 0.1) is 44.9 Å². The third-order valence-electron chi connectivity index (χ3n) is 27.4. The number of terminal acetylenes is 1. The first kappa shape index (κ1) is 82.9. The molecule has 4 unspecified atom stereocenters. The van der Waals surface area contributed by atoms with Crippen molar-refractivity contribution in [2.24, 2.45) is 85.8 Å². The van der Waals surface area contributed by atoms with Crippen LogP contribution in [0.3, 0.4) is 0 Å². The minimum atomic E-state index is -3.47. The van der Waals surface area contributed by atoms with Crippen LogP contribution in [0.15, 0.2) is 25.3 Å². The van der Waals surface area contributed by atoms with Gasteiger partial charge >= 0.3 is 0 Å². The molecule has 7 saturated carbocycles. The van der Waals surface area contributed by atoms with Crippen LogP contribution >= 0.6 is 0 Å². The van der Waals surface area contributed by atoms with Crippen LogP contribution in [0.1, 0.15) is 295 Å². The lowest BCUT2D eigenvalue weighted by atomic mass is 9.68. The number of amides is 2. The second-order valence-electron chi connectivity index (χ2n) is 37.7. The van der Waals surface area contributed by atoms with Gasteiger partial charge in [-0.15, -0.1) is 25.5 Å². The van der Waals surface area contributed by atoms with Gasteiger partial charge < -0.3 is 9.80 Å². The molecule has 7 aliphatic carbocycles. The zero-order chi connectivity index (χ0) is 75.6. The Morgan fingerprint density at radius 1 is 0.510 bits per heavy atom. The first-order valence-corrected chi connectivity index (χ1v) is 42.7. The van der Waals surface area contributed by atoms with E-state index in [2.05, 4.69) is 60.6 Å². The quantitative estimate of drug-likeness (QED) is 0.0322. The third kappa shape index (κ3) is 18.8. The Morgan fingerprint density at radius 2 is 0.853 bits per heavy atom. The summed E-state index contributed by atoms with van der Waals surface area (Å²) < 4.78 is 52.0. The topological polar surface area (TPSA) is 245 Å². The highest BCUT2D eigenvalue weighted by molar-refractivity contribution is 7.93. The molecule has 0 N–H and O–H groups in total. The largest absolute Gasteiger partial charge is 0.332 e. The first-order chi connectivity index (χ1) is 47.5. The molecule has 0 bridgehead atoms. The van der Waals surface area contributed by atoms with Crippen molar-refractivity contribution >= 4 is 77.8 Å². The number of piperidine rings is 2. The lowest BCUT2D eigenvalue weighted by Gasteiger charge is -2.41. The normalized spacial score (nSPS) is 26.8. The summed E-state index contributed by atoms with van der Waals surface area (Å²) in [6.45, 7) is 31.2. The molecule has 9 rings (SSSR count). The van der Waals surface area contributed by atoms with Crippen molar-refractivity contribution in [1.82, 2.24) is 9.80 Å². The van der Waals surface area contributed by atoms with E-state index in [0.29, 0.717) is 64.0 Å². The van der Waals surface area contributed by atoms with Gasteiger partial charge in [-0.2, -0.15) is 0 Å². The summed E-state index contributed by atoms with van der Waals surface area (Å²) in [7, 11) is -6.93. The molecular formula is C84H128N2O14S2. The maximum Gasteiger partial charge on any atom is 0.227 e. The van der Waals surface area contributed by atoms with Gasteiger partial charge in [-0.25, -0.2) is 16.8 Å². The van der Waals surface area contributed by atoms with Crippen molar-refractivity contribution in [3.8, 4) is 12.3 Å². The van der Waals surface area contributed by atoms with Crippen molar-refractivity contribution in [3.05, 3.63) is 25.3 Å². The van der Waals surface area contributed by atoms with Gasteiger partial charge in [0.2, 0.25) is 23.4 Å². The van der Waals surface area contributed by atoms with Gasteiger partial charge in [0.15, 0.2) is 42.8 Å². The molecule has 2 heterocycles. The summed E-state index contributed by atoms with van der Waals surface area (Å²) in [5.74, 6) is -2.46. The number of hydrogen-bond donors (Lipinski definition) is 0. The highest BCUT2D eigenvalue weighted by Crippen LogP contribution is 2.67. The Bertz CT molecular complexity index is 3450. The van der Waals surface area contributed by atoms with Crippen molar-refractivity contribution in [2.75, 3.05) is 24.6 Å². The molecule has 2 saturated heterocycles. The fraction of sp³-hybridized carbons (Fsp3) is 0.810. The van der Waals surface area contributed by atoms with E-state index >= 15 is 0 Å². The van der Waals surface area contributed by atoms with Crippen molar-refractivity contribution in [3.63, 3.8) is 0 Å². The highest BCUT2D eigenvalue weighted by Gasteiger charge is 2.71. The summed E-state index contributed by atoms with van der Waals surface area (Å²) in [6.07, 6.45) is 28.4. The maximum absolute atomic E-state index is 14.9. The predicted octanol–water partition coefficient (Wildman–Crippen LogP) is 14.9. The average molecular weight is 1450 g/mol. The van der Waals surface area contributed by atoms with Crippen molar-refractivity contribution in [1.29, 1.82) is 0 Å². The minimum Gasteiger partial charge on any atom is -0.332 e. The molecule has 18 heteroatoms. The average Bonchev–Trinajstić information content (AvgIpc) is 1.53. The number of rotatable bonds is 36. The van der Waals surface area contributed by atoms with Crippen molar-refractivity contribution < 1.29 is 64.8 Å². The number of hydrogen-bond acceptors (Lipinski definition) is 14. The molecule has 2 aliphatic heterocycles. The maximum atomic E-state index is 14.9. The zero-order valence-corrected chi connectivity index (χ0v) is 66.2. The van der Waals surface area contributed by atoms with Gasteiger partial charge in [0.1, 0.15) is 11.6 Å². The highest BCUT2D eigenvalue weighted by atomic mass is 32.2. The number of fused-ring (bicyclic) bond motifs is 2. The predicted molar refractivity (Wildman–Crippen MR) is 400 cm³/mol. The molecule has 16 nitrogen and oxygen atoms in total. The number of Topliss-reactive ketones (excluding diaryl/α,β-unsaturated/α-hetero) is 8. The Hall–Kier alpha value is -4.76. The Kier molecular flexibility index (Phi) is 26.3. The van der Waals surface area contributed by atoms with Crippen LogP contribution in [0.25, 0.3) is 0 Å². The number of nitrogens with zero attached hydrogens (tertiary/aromatic N) is 2. The standard InChI is InChI=1S/C42H65NO7S.C42H63NO7S/c1-8-9-15-33(45)37(47)29(22-28-16-17-28)23-34(46)36-35-32(40(35,5)6)26-43(36)38(48)31(41(7)18-13-14-19-41)24-30(44)25-42(20-11-10-12-21-42)27-51(49,50)39(2,3)4;1-9-11-18-29(37(47)33(45)19-12-10-2)24-34(46)36-35-32(40(35,6)7)27-43(36)38(48)31(41(8)20-16-17-21-41)25-30(44)26-42(22-14-13-15-23-42)28-51(49,50)39(3,4)5/h8,28-29,31-32,35-36H,1,9-27H2,2-7H3;1,10,29,31-32,35-36H,2,11-28H2,3-8H3/t2*29?,31-,32?,35+,36-/m11/s1. The minimum absolute atomic E-state index is 0.0108. The van der Waals surface area contributed by atoms with E-state index < -0.39 is 104 Å². The SMILES string of the molecule is C#CCCC(CC(=O)[C@@H]1[C@@H]2C(CN1C(=O)[C@@H](CC(=O)CC1(CS(=O)(=O)C(C)(C)C)CCCCC1)C1(C)CCCC1)C2(C)C)C(=O)C(=O)CCC=C.C=CCCC(=O)C(=O)C(CC(=O)[C@@H]1[C@@H]2C(CN1C(=O)[C@@H](CC(=O)CC1(CS(=O)(=O)C(C)(C)C)CCCCC1)C1(C)CCCC1)C2(C)C)CC1CC1. The van der Waals surface area contributed by atoms with Crippen LogP contribution < -0.4 is 0 Å². The van der Waals surface area contributed by atoms with Crippen LogP contribution in [0.4, 0.5) is 0 Å². The first-order valence-electron chi connectivity index (χ1n) is 39.4. The van der Waals surface area contributed by atoms with Gasteiger partial charge in [-0.3, -0.25) is 47.9 Å². The molecule has 570 valence electrons. The smallest absolute Gasteiger partial charge is 0.227 e. The molecule has 0 aromatic carbocycles. The van der Waals surface area contributed by atoms with Crippen LogP contribution in [0.2, 0.25) is 0 Å². The zero-order valence-electron chi connectivity index (χ0n) is 64.6. The second kappa shape index (κ2) is 32.4. The van der Waals surface area contributed by atoms with Crippen molar-refractivity contribution in [2.45, 2.75) is 317 Å². The Morgan fingerprint density at radius 3 is 1.19 bits per heavy atom. The van der Waals surface area contributed by atoms with E-state index in [1.54, 1.807) is 63.5 Å². The van der Waals surface area contributed by atoms with E-state index in [0.717, 1.165) is 103 Å². The molecule has 0 radical (unpaired) electrons. The number of carbonyl (C=O) groups is 10. The number of ketones is 8. The fourth-order valence-corrected chi connectivity index (χ4v) is 23.3. The molecule has 9 aliphatic rings. The number of likely N-dealkylation sites (tertiary alicyclic amines) is 2. The van der Waals surface area contributed by atoms with Gasteiger partial charge in [0.25, 0.3) is 0 Å². The van der Waals surface area contributed by atoms with E-state index in [-0.39, 0.29) is 151 Å². The molecule has 0 aromatic rings. The monoisotopic (exact) mass is 1450 g/mol. The molecular weight excluding hydrogens is 1330 g/mol. The van der Waals surface area contributed by atoms with Crippen LogP contribution in [-0.4, -0.2) is 131 Å². The van der Waals surface area contributed by atoms with Gasteiger partial charge in [-0.1, -0.05) is 131 Å². The lowest BCUT2D eigenvalue weighted by Crippen LogP contribution is -2.51. The lowest BCUT2D eigenvalue weighted by molar-refractivity contribution is -0.149. The van der Waals surface area contributed by atoms with Crippen LogP contribution in [0.5, 0.6) is 0 Å². The summed E-state index contributed by atoms with van der Waals surface area (Å²) in [5.41, 5.74) is -2.31. The summed E-state index contributed by atoms with van der Waals surface area (Å²) in [5, 5.41) is 0. The summed E-state index contributed by atoms with van der Waals surface area (Å²) in [4.78, 5) is 143. The third-order valence-corrected chi connectivity index (χ3v) is 33.1. The molecule has 0 spiro atoms. The van der Waals surface area contributed by atoms with E-state index in [1.165, 1.54) is 0 Å². The second-order valence-corrected chi connectivity index (χ2v) is 43.2. The number of sulfone groups is 2. The summed E-state index contributed by atoms with van der Waals surface area (Å²) >= 11 is 0. The summed E-state index contributed by atoms with van der Waals surface area (Å²) in [6, 6.07) is -1.40. The Labute approximate surface area is 613 Å².